The summed E-state index contributed by atoms with van der Waals surface area (Å²) in [5, 5.41) is 9.70. The first-order valence-corrected chi connectivity index (χ1v) is 5.67. The first kappa shape index (κ1) is 13.7. The average molecular weight is 237 g/mol. The van der Waals surface area contributed by atoms with E-state index in [1.807, 2.05) is 19.9 Å². The van der Waals surface area contributed by atoms with Gasteiger partial charge >= 0.3 is 5.97 Å². The second kappa shape index (κ2) is 5.80. The second-order valence-corrected chi connectivity index (χ2v) is 3.98. The molecule has 0 saturated carbocycles. The molecule has 0 aliphatic rings. The van der Waals surface area contributed by atoms with Crippen molar-refractivity contribution in [3.63, 3.8) is 0 Å². The third kappa shape index (κ3) is 3.05. The van der Waals surface area contributed by atoms with Crippen molar-refractivity contribution in [1.29, 1.82) is 0 Å². The van der Waals surface area contributed by atoms with Crippen LogP contribution in [-0.2, 0) is 4.74 Å². The van der Waals surface area contributed by atoms with Gasteiger partial charge in [0.15, 0.2) is 0 Å². The van der Waals surface area contributed by atoms with E-state index in [-0.39, 0.29) is 12.5 Å². The zero-order chi connectivity index (χ0) is 13.0. The average Bonchev–Trinajstić information content (AvgIpc) is 2.31. The summed E-state index contributed by atoms with van der Waals surface area (Å²) in [6, 6.07) is 3.49. The Labute approximate surface area is 101 Å². The maximum Gasteiger partial charge on any atom is 0.338 e. The maximum atomic E-state index is 11.7. The van der Waals surface area contributed by atoms with Crippen LogP contribution in [0.25, 0.3) is 0 Å². The number of rotatable bonds is 4. The lowest BCUT2D eigenvalue weighted by atomic mass is 9.97. The normalized spacial score (nSPS) is 12.3. The van der Waals surface area contributed by atoms with Gasteiger partial charge in [-0.3, -0.25) is 0 Å². The van der Waals surface area contributed by atoms with E-state index in [0.717, 1.165) is 11.1 Å². The Kier molecular flexibility index (Phi) is 4.66. The van der Waals surface area contributed by atoms with Gasteiger partial charge < -0.3 is 15.6 Å². The van der Waals surface area contributed by atoms with E-state index in [9.17, 15) is 9.90 Å². The van der Waals surface area contributed by atoms with Crippen LogP contribution in [0.3, 0.4) is 0 Å². The van der Waals surface area contributed by atoms with Gasteiger partial charge in [0.05, 0.1) is 18.3 Å². The molecule has 0 bridgehead atoms. The molecule has 1 rings (SSSR count). The highest BCUT2D eigenvalue weighted by atomic mass is 16.5. The van der Waals surface area contributed by atoms with E-state index in [4.69, 9.17) is 10.5 Å². The molecule has 1 aromatic carbocycles. The Bertz CT molecular complexity index is 415. The van der Waals surface area contributed by atoms with Gasteiger partial charge in [-0.2, -0.15) is 0 Å². The van der Waals surface area contributed by atoms with Crippen LogP contribution < -0.4 is 5.73 Å². The number of carbonyl (C=O) groups is 1. The van der Waals surface area contributed by atoms with Gasteiger partial charge in [0.1, 0.15) is 0 Å². The van der Waals surface area contributed by atoms with Gasteiger partial charge in [0.2, 0.25) is 0 Å². The van der Waals surface area contributed by atoms with Crippen LogP contribution in [0.5, 0.6) is 0 Å². The number of benzene rings is 1. The van der Waals surface area contributed by atoms with E-state index in [0.29, 0.717) is 17.7 Å². The standard InChI is InChI=1S/C13H19NO3/c1-4-17-13(16)11-6-10(12(15)7-14)5-8(2)9(11)3/h5-6,12,15H,4,7,14H2,1-3H3. The lowest BCUT2D eigenvalue weighted by Gasteiger charge is -2.14. The maximum absolute atomic E-state index is 11.7. The third-order valence-electron chi connectivity index (χ3n) is 2.79. The van der Waals surface area contributed by atoms with Gasteiger partial charge in [-0.15, -0.1) is 0 Å². The van der Waals surface area contributed by atoms with Crippen molar-refractivity contribution in [3.05, 3.63) is 34.4 Å². The van der Waals surface area contributed by atoms with Crippen molar-refractivity contribution in [2.24, 2.45) is 5.73 Å². The number of hydrogen-bond acceptors (Lipinski definition) is 4. The fourth-order valence-electron chi connectivity index (χ4n) is 1.64. The molecular formula is C13H19NO3. The Morgan fingerprint density at radius 1 is 1.47 bits per heavy atom. The molecule has 0 radical (unpaired) electrons. The molecule has 0 amide bonds. The molecule has 3 N–H and O–H groups in total. The van der Waals surface area contributed by atoms with Crippen molar-refractivity contribution < 1.29 is 14.6 Å². The zero-order valence-electron chi connectivity index (χ0n) is 10.5. The molecule has 0 heterocycles. The smallest absolute Gasteiger partial charge is 0.338 e. The molecule has 1 atom stereocenters. The predicted octanol–water partition coefficient (Wildman–Crippen LogP) is 1.47. The van der Waals surface area contributed by atoms with Crippen LogP contribution >= 0.6 is 0 Å². The Hall–Kier alpha value is -1.39. The summed E-state index contributed by atoms with van der Waals surface area (Å²) in [7, 11) is 0. The van der Waals surface area contributed by atoms with E-state index < -0.39 is 6.10 Å². The number of hydrogen-bond donors (Lipinski definition) is 2. The highest BCUT2D eigenvalue weighted by Gasteiger charge is 2.15. The third-order valence-corrected chi connectivity index (χ3v) is 2.79. The molecular weight excluding hydrogens is 218 g/mol. The first-order chi connectivity index (χ1) is 8.01. The molecule has 94 valence electrons. The van der Waals surface area contributed by atoms with Crippen LogP contribution in [0.2, 0.25) is 0 Å². The van der Waals surface area contributed by atoms with Gasteiger partial charge in [-0.1, -0.05) is 6.07 Å². The first-order valence-electron chi connectivity index (χ1n) is 5.67. The van der Waals surface area contributed by atoms with Crippen molar-refractivity contribution in [1.82, 2.24) is 0 Å². The van der Waals surface area contributed by atoms with Gasteiger partial charge in [-0.05, 0) is 43.5 Å². The Morgan fingerprint density at radius 3 is 2.65 bits per heavy atom. The molecule has 17 heavy (non-hydrogen) atoms. The van der Waals surface area contributed by atoms with Crippen LogP contribution in [0.15, 0.2) is 12.1 Å². The monoisotopic (exact) mass is 237 g/mol. The number of carbonyl (C=O) groups excluding carboxylic acids is 1. The Balaban J connectivity index is 3.20. The number of nitrogens with two attached hydrogens (primary N) is 1. The largest absolute Gasteiger partial charge is 0.462 e. The summed E-state index contributed by atoms with van der Waals surface area (Å²) >= 11 is 0. The van der Waals surface area contributed by atoms with Crippen LogP contribution in [0, 0.1) is 13.8 Å². The summed E-state index contributed by atoms with van der Waals surface area (Å²) in [6.45, 7) is 5.98. The van der Waals surface area contributed by atoms with Gasteiger partial charge in [0, 0.05) is 6.54 Å². The second-order valence-electron chi connectivity index (χ2n) is 3.98. The fraction of sp³-hybridized carbons (Fsp3) is 0.462. The number of ether oxygens (including phenoxy) is 1. The van der Waals surface area contributed by atoms with E-state index in [1.165, 1.54) is 0 Å². The predicted molar refractivity (Wildman–Crippen MR) is 65.9 cm³/mol. The van der Waals surface area contributed by atoms with E-state index in [2.05, 4.69) is 0 Å². The van der Waals surface area contributed by atoms with Crippen LogP contribution in [-0.4, -0.2) is 24.2 Å². The topological polar surface area (TPSA) is 72.5 Å². The van der Waals surface area contributed by atoms with Crippen molar-refractivity contribution in [3.8, 4) is 0 Å². The molecule has 0 aliphatic heterocycles. The lowest BCUT2D eigenvalue weighted by Crippen LogP contribution is -2.14. The minimum Gasteiger partial charge on any atom is -0.462 e. The van der Waals surface area contributed by atoms with Crippen molar-refractivity contribution in [2.75, 3.05) is 13.2 Å². The summed E-state index contributed by atoms with van der Waals surface area (Å²) in [4.78, 5) is 11.7. The van der Waals surface area contributed by atoms with Crippen molar-refractivity contribution >= 4 is 5.97 Å². The molecule has 4 nitrogen and oxygen atoms in total. The fourth-order valence-corrected chi connectivity index (χ4v) is 1.64. The highest BCUT2D eigenvalue weighted by molar-refractivity contribution is 5.91. The molecule has 1 unspecified atom stereocenters. The lowest BCUT2D eigenvalue weighted by molar-refractivity contribution is 0.0525. The number of esters is 1. The number of aryl methyl sites for hydroxylation is 1. The van der Waals surface area contributed by atoms with E-state index >= 15 is 0 Å². The quantitative estimate of drug-likeness (QED) is 0.778. The highest BCUT2D eigenvalue weighted by Crippen LogP contribution is 2.21. The Morgan fingerprint density at radius 2 is 2.12 bits per heavy atom. The van der Waals surface area contributed by atoms with Crippen LogP contribution in [0.4, 0.5) is 0 Å². The van der Waals surface area contributed by atoms with Crippen LogP contribution in [0.1, 0.15) is 40.1 Å². The van der Waals surface area contributed by atoms with Gasteiger partial charge in [0.25, 0.3) is 0 Å². The molecule has 0 spiro atoms. The minimum absolute atomic E-state index is 0.130. The summed E-state index contributed by atoms with van der Waals surface area (Å²) < 4.78 is 4.98. The summed E-state index contributed by atoms with van der Waals surface area (Å²) in [5.41, 5.74) is 8.37. The molecule has 1 aromatic rings. The zero-order valence-corrected chi connectivity index (χ0v) is 10.5. The molecule has 4 heteroatoms. The molecule has 0 aromatic heterocycles. The molecule has 0 saturated heterocycles. The van der Waals surface area contributed by atoms with Crippen molar-refractivity contribution in [2.45, 2.75) is 26.9 Å². The minimum atomic E-state index is -0.748. The van der Waals surface area contributed by atoms with E-state index in [1.54, 1.807) is 13.0 Å². The molecule has 0 fully saturated rings. The summed E-state index contributed by atoms with van der Waals surface area (Å²) in [6.07, 6.45) is -0.748. The van der Waals surface area contributed by atoms with Gasteiger partial charge in [-0.25, -0.2) is 4.79 Å². The molecule has 0 aliphatic carbocycles. The summed E-state index contributed by atoms with van der Waals surface area (Å²) in [5.74, 6) is -0.362. The number of aliphatic hydroxyl groups excluding tert-OH is 1. The SMILES string of the molecule is CCOC(=O)c1cc(C(O)CN)cc(C)c1C. The number of aliphatic hydroxyl groups is 1.